The summed E-state index contributed by atoms with van der Waals surface area (Å²) >= 11 is 2.09. The molecule has 0 bridgehead atoms. The Morgan fingerprint density at radius 2 is 2.06 bits per heavy atom. The first-order chi connectivity index (χ1) is 14.8. The summed E-state index contributed by atoms with van der Waals surface area (Å²) in [7, 11) is 0. The molecule has 166 valence electrons. The van der Waals surface area contributed by atoms with Crippen molar-refractivity contribution in [2.45, 2.75) is 43.6 Å². The molecule has 0 aliphatic heterocycles. The van der Waals surface area contributed by atoms with Crippen LogP contribution in [0.15, 0.2) is 24.4 Å². The molecule has 2 heterocycles. The summed E-state index contributed by atoms with van der Waals surface area (Å²) in [5.74, 6) is 0.558. The summed E-state index contributed by atoms with van der Waals surface area (Å²) in [6.45, 7) is 1.24. The molecule has 1 aliphatic carbocycles. The third-order valence-electron chi connectivity index (χ3n) is 4.58. The van der Waals surface area contributed by atoms with E-state index in [4.69, 9.17) is 4.74 Å². The quantitative estimate of drug-likeness (QED) is 0.348. The number of ether oxygens (including phenoxy) is 1. The molecule has 7 nitrogen and oxygen atoms in total. The predicted octanol–water partition coefficient (Wildman–Crippen LogP) is 4.03. The van der Waals surface area contributed by atoms with Crippen LogP contribution in [0.1, 0.15) is 46.4 Å². The maximum absolute atomic E-state index is 12.6. The Labute approximate surface area is 192 Å². The molecule has 0 saturated heterocycles. The van der Waals surface area contributed by atoms with Gasteiger partial charge in [-0.15, -0.1) is 0 Å². The topological polar surface area (TPSA) is 93.2 Å². The van der Waals surface area contributed by atoms with Crippen molar-refractivity contribution in [2.24, 2.45) is 5.92 Å². The van der Waals surface area contributed by atoms with Gasteiger partial charge in [-0.2, -0.15) is 0 Å². The zero-order valence-corrected chi connectivity index (χ0v) is 19.1. The minimum atomic E-state index is -2.57. The predicted molar refractivity (Wildman–Crippen MR) is 120 cm³/mol. The van der Waals surface area contributed by atoms with Crippen molar-refractivity contribution >= 4 is 40.2 Å². The van der Waals surface area contributed by atoms with E-state index in [0.717, 1.165) is 12.8 Å². The first-order valence-corrected chi connectivity index (χ1v) is 11.4. The fourth-order valence-electron chi connectivity index (χ4n) is 2.94. The van der Waals surface area contributed by atoms with Crippen molar-refractivity contribution < 1.29 is 23.1 Å². The highest BCUT2D eigenvalue weighted by molar-refractivity contribution is 14.1. The number of alkyl halides is 3. The van der Waals surface area contributed by atoms with E-state index in [9.17, 15) is 18.4 Å². The maximum atomic E-state index is 12.6. The van der Waals surface area contributed by atoms with E-state index in [-0.39, 0.29) is 24.2 Å². The highest BCUT2D eigenvalue weighted by atomic mass is 127. The van der Waals surface area contributed by atoms with Crippen molar-refractivity contribution in [1.82, 2.24) is 15.3 Å². The van der Waals surface area contributed by atoms with Gasteiger partial charge in [-0.25, -0.2) is 18.7 Å². The number of nitrogens with zero attached hydrogens (tertiary/aromatic N) is 2. The van der Waals surface area contributed by atoms with E-state index >= 15 is 0 Å². The Bertz CT molecular complexity index is 954. The average Bonchev–Trinajstić information content (AvgIpc) is 3.53. The van der Waals surface area contributed by atoms with Crippen molar-refractivity contribution in [3.63, 3.8) is 0 Å². The molecule has 0 unspecified atom stereocenters. The standard InChI is InChI=1S/C21H23F2IN4O3/c1-12-4-15(7-18(27-12)28-19(29)6-13-2-3-13)20(30)25-9-14-5-16(8-24)21(26-10-14)31-11-17(22)23/h4-5,7,10,13,17H,2-3,6,8-9,11H2,1H3,(H,25,30)(H,27,28,29). The summed E-state index contributed by atoms with van der Waals surface area (Å²) in [4.78, 5) is 33.0. The lowest BCUT2D eigenvalue weighted by Gasteiger charge is -2.12. The van der Waals surface area contributed by atoms with Gasteiger partial charge in [-0.3, -0.25) is 9.59 Å². The third-order valence-corrected chi connectivity index (χ3v) is 5.40. The van der Waals surface area contributed by atoms with E-state index in [2.05, 4.69) is 43.2 Å². The second kappa shape index (κ2) is 10.8. The zero-order chi connectivity index (χ0) is 22.4. The Hall–Kier alpha value is -2.37. The van der Waals surface area contributed by atoms with Crippen LogP contribution in [-0.2, 0) is 15.8 Å². The van der Waals surface area contributed by atoms with Gasteiger partial charge in [0.25, 0.3) is 12.3 Å². The van der Waals surface area contributed by atoms with Gasteiger partial charge in [0, 0.05) is 40.4 Å². The average molecular weight is 544 g/mol. The number of carbonyl (C=O) groups is 2. The number of halogens is 3. The molecular weight excluding hydrogens is 521 g/mol. The van der Waals surface area contributed by atoms with Gasteiger partial charge in [0.15, 0.2) is 6.61 Å². The fourth-order valence-corrected chi connectivity index (χ4v) is 3.48. The monoisotopic (exact) mass is 544 g/mol. The number of pyridine rings is 2. The zero-order valence-electron chi connectivity index (χ0n) is 17.0. The van der Waals surface area contributed by atoms with Crippen LogP contribution in [0.25, 0.3) is 0 Å². The molecule has 31 heavy (non-hydrogen) atoms. The van der Waals surface area contributed by atoms with E-state index in [1.165, 1.54) is 6.20 Å². The largest absolute Gasteiger partial charge is 0.471 e. The van der Waals surface area contributed by atoms with Gasteiger partial charge in [0.05, 0.1) is 0 Å². The maximum Gasteiger partial charge on any atom is 0.272 e. The minimum absolute atomic E-state index is 0.0986. The third kappa shape index (κ3) is 7.37. The SMILES string of the molecule is Cc1cc(C(=O)NCc2cnc(OCC(F)F)c(CI)c2)cc(NC(=O)CC2CC2)n1. The van der Waals surface area contributed by atoms with Crippen LogP contribution in [0.3, 0.4) is 0 Å². The Balaban J connectivity index is 1.61. The number of amides is 2. The van der Waals surface area contributed by atoms with Gasteiger partial charge in [0.2, 0.25) is 11.8 Å². The van der Waals surface area contributed by atoms with Crippen molar-refractivity contribution in [3.8, 4) is 5.88 Å². The lowest BCUT2D eigenvalue weighted by molar-refractivity contribution is -0.116. The molecule has 3 rings (SSSR count). The first kappa shape index (κ1) is 23.3. The summed E-state index contributed by atoms with van der Waals surface area (Å²) in [5.41, 5.74) is 2.39. The van der Waals surface area contributed by atoms with Gasteiger partial charge >= 0.3 is 0 Å². The Morgan fingerprint density at radius 1 is 1.29 bits per heavy atom. The molecule has 10 heteroatoms. The van der Waals surface area contributed by atoms with Crippen LogP contribution >= 0.6 is 22.6 Å². The second-order valence-electron chi connectivity index (χ2n) is 7.40. The highest BCUT2D eigenvalue weighted by Gasteiger charge is 2.24. The summed E-state index contributed by atoms with van der Waals surface area (Å²) in [6.07, 6.45) is 1.54. The van der Waals surface area contributed by atoms with Crippen LogP contribution in [0, 0.1) is 12.8 Å². The van der Waals surface area contributed by atoms with Crippen molar-refractivity contribution in [3.05, 3.63) is 46.8 Å². The molecule has 1 saturated carbocycles. The molecule has 0 spiro atoms. The summed E-state index contributed by atoms with van der Waals surface area (Å²) < 4.78 is 30.3. The van der Waals surface area contributed by atoms with Crippen LogP contribution in [0.4, 0.5) is 14.6 Å². The lowest BCUT2D eigenvalue weighted by Crippen LogP contribution is -2.24. The number of aromatic nitrogens is 2. The summed E-state index contributed by atoms with van der Waals surface area (Å²) in [6, 6.07) is 4.95. The van der Waals surface area contributed by atoms with Crippen molar-refractivity contribution in [2.75, 3.05) is 11.9 Å². The molecule has 0 atom stereocenters. The van der Waals surface area contributed by atoms with E-state index < -0.39 is 13.0 Å². The van der Waals surface area contributed by atoms with Gasteiger partial charge < -0.3 is 15.4 Å². The van der Waals surface area contributed by atoms with E-state index in [1.54, 1.807) is 25.1 Å². The van der Waals surface area contributed by atoms with Crippen LogP contribution < -0.4 is 15.4 Å². The van der Waals surface area contributed by atoms with Gasteiger partial charge in [0.1, 0.15) is 5.82 Å². The second-order valence-corrected chi connectivity index (χ2v) is 8.17. The Morgan fingerprint density at radius 3 is 2.74 bits per heavy atom. The number of hydrogen-bond donors (Lipinski definition) is 2. The van der Waals surface area contributed by atoms with Gasteiger partial charge in [-0.05, 0) is 49.4 Å². The van der Waals surface area contributed by atoms with Crippen LogP contribution in [0.2, 0.25) is 0 Å². The van der Waals surface area contributed by atoms with Crippen molar-refractivity contribution in [1.29, 1.82) is 0 Å². The smallest absolute Gasteiger partial charge is 0.272 e. The van der Waals surface area contributed by atoms with E-state index in [0.29, 0.717) is 45.0 Å². The lowest BCUT2D eigenvalue weighted by atomic mass is 10.2. The number of anilines is 1. The molecule has 1 fully saturated rings. The molecule has 2 N–H and O–H groups in total. The van der Waals surface area contributed by atoms with Crippen LogP contribution in [0.5, 0.6) is 5.88 Å². The number of nitrogens with one attached hydrogen (secondary N) is 2. The number of hydrogen-bond acceptors (Lipinski definition) is 5. The highest BCUT2D eigenvalue weighted by Crippen LogP contribution is 2.32. The number of aryl methyl sites for hydroxylation is 1. The summed E-state index contributed by atoms with van der Waals surface area (Å²) in [5, 5.41) is 5.56. The van der Waals surface area contributed by atoms with E-state index in [1.807, 2.05) is 0 Å². The molecule has 2 aromatic heterocycles. The molecule has 1 aliphatic rings. The number of carbonyl (C=O) groups excluding carboxylic acids is 2. The Kier molecular flexibility index (Phi) is 8.10. The molecular formula is C21H23F2IN4O3. The molecule has 2 aromatic rings. The molecule has 2 amide bonds. The van der Waals surface area contributed by atoms with Crippen LogP contribution in [-0.4, -0.2) is 34.8 Å². The van der Waals surface area contributed by atoms with Gasteiger partial charge in [-0.1, -0.05) is 22.6 Å². The normalized spacial score (nSPS) is 13.2. The molecule has 0 radical (unpaired) electrons. The number of rotatable bonds is 10. The minimum Gasteiger partial charge on any atom is -0.471 e. The molecule has 0 aromatic carbocycles. The first-order valence-electron chi connectivity index (χ1n) is 9.85. The fraction of sp³-hybridized carbons (Fsp3) is 0.429.